The molecule has 8 nitrogen and oxygen atoms in total. The number of carbonyl (C=O) groups excluding carboxylic acids is 2. The number of nitrogens with zero attached hydrogens (tertiary/aromatic N) is 2. The zero-order valence-corrected chi connectivity index (χ0v) is 21.8. The highest BCUT2D eigenvalue weighted by Crippen LogP contribution is 2.37. The predicted octanol–water partition coefficient (Wildman–Crippen LogP) is 5.48. The maximum atomic E-state index is 13.5. The highest BCUT2D eigenvalue weighted by molar-refractivity contribution is 7.20. The number of thiophene rings is 1. The van der Waals surface area contributed by atoms with Crippen LogP contribution in [-0.4, -0.2) is 47.6 Å². The molecule has 2 aromatic carbocycles. The molecule has 0 spiro atoms. The Kier molecular flexibility index (Phi) is 7.49. The number of likely N-dealkylation sites (tertiary alicyclic amines) is 1. The molecule has 0 saturated carbocycles. The fourth-order valence-electron chi connectivity index (χ4n) is 4.06. The Balaban J connectivity index is 1.53. The van der Waals surface area contributed by atoms with Gasteiger partial charge in [-0.25, -0.2) is 14.2 Å². The van der Waals surface area contributed by atoms with E-state index in [1.807, 2.05) is 12.1 Å². The lowest BCUT2D eigenvalue weighted by molar-refractivity contribution is 0.0502. The summed E-state index contributed by atoms with van der Waals surface area (Å²) in [6.07, 6.45) is 1.83. The van der Waals surface area contributed by atoms with E-state index < -0.39 is 17.5 Å². The summed E-state index contributed by atoms with van der Waals surface area (Å²) in [5, 5.41) is 6.50. The Bertz CT molecular complexity index is 1380. The van der Waals surface area contributed by atoms with E-state index in [4.69, 9.17) is 10.5 Å². The number of amides is 2. The number of nitrogens with two attached hydrogens (primary N) is 1. The van der Waals surface area contributed by atoms with Gasteiger partial charge < -0.3 is 26.0 Å². The van der Waals surface area contributed by atoms with Gasteiger partial charge >= 0.3 is 6.09 Å². The van der Waals surface area contributed by atoms with E-state index in [2.05, 4.69) is 22.2 Å². The SMILES string of the molecule is C=Cc1ccc2sc(C(=O)N3CCC(NC(=O)OC(C)(C)C)C3)cc2c1N=C(N)Nc1cccc(F)c1. The van der Waals surface area contributed by atoms with E-state index in [1.54, 1.807) is 49.9 Å². The van der Waals surface area contributed by atoms with Gasteiger partial charge in [-0.3, -0.25) is 4.79 Å². The normalized spacial score (nSPS) is 16.1. The molecule has 1 fully saturated rings. The van der Waals surface area contributed by atoms with Crippen molar-refractivity contribution in [3.05, 3.63) is 65.3 Å². The lowest BCUT2D eigenvalue weighted by Gasteiger charge is -2.22. The lowest BCUT2D eigenvalue weighted by atomic mass is 10.1. The second-order valence-electron chi connectivity index (χ2n) is 9.75. The summed E-state index contributed by atoms with van der Waals surface area (Å²) in [5.41, 5.74) is 7.32. The van der Waals surface area contributed by atoms with Crippen molar-refractivity contribution in [1.82, 2.24) is 10.2 Å². The van der Waals surface area contributed by atoms with Crippen LogP contribution >= 0.6 is 11.3 Å². The number of aliphatic imine (C=N–C) groups is 1. The van der Waals surface area contributed by atoms with Crippen LogP contribution in [-0.2, 0) is 4.74 Å². The fraction of sp³-hybridized carbons (Fsp3) is 0.296. The number of anilines is 1. The second kappa shape index (κ2) is 10.6. The first-order valence-corrected chi connectivity index (χ1v) is 12.7. The van der Waals surface area contributed by atoms with Crippen LogP contribution in [0.15, 0.2) is 54.0 Å². The topological polar surface area (TPSA) is 109 Å². The van der Waals surface area contributed by atoms with E-state index in [0.29, 0.717) is 35.8 Å². The summed E-state index contributed by atoms with van der Waals surface area (Å²) in [6.45, 7) is 10.2. The average Bonchev–Trinajstić information content (AvgIpc) is 3.45. The summed E-state index contributed by atoms with van der Waals surface area (Å²) in [4.78, 5) is 32.2. The summed E-state index contributed by atoms with van der Waals surface area (Å²) < 4.78 is 19.7. The molecule has 1 aromatic heterocycles. The number of hydrogen-bond donors (Lipinski definition) is 3. The molecule has 1 atom stereocenters. The minimum Gasteiger partial charge on any atom is -0.444 e. The third-order valence-electron chi connectivity index (χ3n) is 5.66. The van der Waals surface area contributed by atoms with E-state index in [-0.39, 0.29) is 17.9 Å². The molecule has 4 rings (SSSR count). The summed E-state index contributed by atoms with van der Waals surface area (Å²) in [7, 11) is 0. The summed E-state index contributed by atoms with van der Waals surface area (Å²) >= 11 is 1.36. The predicted molar refractivity (Wildman–Crippen MR) is 147 cm³/mol. The maximum absolute atomic E-state index is 13.5. The number of alkyl carbamates (subject to hydrolysis) is 1. The van der Waals surface area contributed by atoms with Gasteiger partial charge in [-0.1, -0.05) is 24.8 Å². The number of nitrogens with one attached hydrogen (secondary N) is 2. The van der Waals surface area contributed by atoms with Crippen LogP contribution < -0.4 is 16.4 Å². The van der Waals surface area contributed by atoms with Crippen molar-refractivity contribution in [2.45, 2.75) is 38.8 Å². The van der Waals surface area contributed by atoms with Gasteiger partial charge in [0.15, 0.2) is 5.96 Å². The van der Waals surface area contributed by atoms with Gasteiger partial charge in [0.2, 0.25) is 0 Å². The van der Waals surface area contributed by atoms with Crippen LogP contribution in [0, 0.1) is 5.82 Å². The summed E-state index contributed by atoms with van der Waals surface area (Å²) in [6, 6.07) is 11.3. The molecule has 4 N–H and O–H groups in total. The molecule has 1 unspecified atom stereocenters. The van der Waals surface area contributed by atoms with Crippen molar-refractivity contribution < 1.29 is 18.7 Å². The first-order valence-electron chi connectivity index (χ1n) is 11.9. The van der Waals surface area contributed by atoms with E-state index >= 15 is 0 Å². The van der Waals surface area contributed by atoms with Crippen LogP contribution in [0.5, 0.6) is 0 Å². The van der Waals surface area contributed by atoms with Crippen LogP contribution in [0.1, 0.15) is 42.4 Å². The number of carbonyl (C=O) groups is 2. The van der Waals surface area contributed by atoms with Crippen LogP contribution in [0.25, 0.3) is 16.2 Å². The number of ether oxygens (including phenoxy) is 1. The van der Waals surface area contributed by atoms with Crippen LogP contribution in [0.3, 0.4) is 0 Å². The standard InChI is InChI=1S/C27H30FN5O3S/c1-5-16-9-10-21-20(23(16)32-25(29)30-18-8-6-7-17(28)13-18)14-22(37-21)24(34)33-12-11-19(15-33)31-26(35)36-27(2,3)4/h5-10,13-14,19H,1,11-12,15H2,2-4H3,(H,31,35)(H3,29,30,32). The zero-order chi connectivity index (χ0) is 26.7. The number of fused-ring (bicyclic) bond motifs is 1. The molecule has 0 aliphatic carbocycles. The molecule has 37 heavy (non-hydrogen) atoms. The first-order chi connectivity index (χ1) is 17.5. The van der Waals surface area contributed by atoms with Gasteiger partial charge in [0.05, 0.1) is 16.6 Å². The van der Waals surface area contributed by atoms with E-state index in [1.165, 1.54) is 23.5 Å². The molecule has 194 valence electrons. The van der Waals surface area contributed by atoms with Crippen molar-refractivity contribution >= 4 is 56.8 Å². The smallest absolute Gasteiger partial charge is 0.407 e. The maximum Gasteiger partial charge on any atom is 0.407 e. The summed E-state index contributed by atoms with van der Waals surface area (Å²) in [5.74, 6) is -0.426. The number of guanidine groups is 1. The van der Waals surface area contributed by atoms with E-state index in [9.17, 15) is 14.0 Å². The third-order valence-corrected chi connectivity index (χ3v) is 6.75. The number of benzene rings is 2. The minimum absolute atomic E-state index is 0.0795. The zero-order valence-electron chi connectivity index (χ0n) is 21.0. The van der Waals surface area contributed by atoms with Crippen LogP contribution in [0.2, 0.25) is 0 Å². The molecule has 3 aromatic rings. The molecule has 10 heteroatoms. The Morgan fingerprint density at radius 3 is 2.76 bits per heavy atom. The molecule has 2 heterocycles. The van der Waals surface area contributed by atoms with Gasteiger partial charge in [0.25, 0.3) is 5.91 Å². The van der Waals surface area contributed by atoms with Crippen molar-refractivity contribution in [3.8, 4) is 0 Å². The number of halogens is 1. The largest absolute Gasteiger partial charge is 0.444 e. The molecule has 1 aliphatic heterocycles. The molecule has 1 aliphatic rings. The first kappa shape index (κ1) is 26.2. The van der Waals surface area contributed by atoms with Gasteiger partial charge in [-0.2, -0.15) is 0 Å². The molecular formula is C27H30FN5O3S. The average molecular weight is 524 g/mol. The third kappa shape index (κ3) is 6.45. The monoisotopic (exact) mass is 523 g/mol. The van der Waals surface area contributed by atoms with Gasteiger partial charge in [-0.15, -0.1) is 11.3 Å². The van der Waals surface area contributed by atoms with Crippen molar-refractivity contribution in [2.75, 3.05) is 18.4 Å². The van der Waals surface area contributed by atoms with E-state index in [0.717, 1.165) is 15.6 Å². The van der Waals surface area contributed by atoms with Crippen molar-refractivity contribution in [2.24, 2.45) is 10.7 Å². The molecule has 0 bridgehead atoms. The van der Waals surface area contributed by atoms with Gasteiger partial charge in [0.1, 0.15) is 11.4 Å². The Labute approximate surface area is 219 Å². The number of rotatable bonds is 5. The quantitative estimate of drug-likeness (QED) is 0.303. The van der Waals surface area contributed by atoms with Crippen LogP contribution in [0.4, 0.5) is 20.6 Å². The highest BCUT2D eigenvalue weighted by atomic mass is 32.1. The van der Waals surface area contributed by atoms with Crippen molar-refractivity contribution in [1.29, 1.82) is 0 Å². The Morgan fingerprint density at radius 1 is 1.27 bits per heavy atom. The molecular weight excluding hydrogens is 493 g/mol. The number of hydrogen-bond acceptors (Lipinski definition) is 5. The fourth-order valence-corrected chi connectivity index (χ4v) is 5.10. The lowest BCUT2D eigenvalue weighted by Crippen LogP contribution is -2.41. The van der Waals surface area contributed by atoms with Gasteiger partial charge in [-0.05, 0) is 57.5 Å². The molecule has 1 saturated heterocycles. The highest BCUT2D eigenvalue weighted by Gasteiger charge is 2.30. The minimum atomic E-state index is -0.587. The second-order valence-corrected chi connectivity index (χ2v) is 10.8. The van der Waals surface area contributed by atoms with Gasteiger partial charge in [0, 0.05) is 34.4 Å². The Hall–Kier alpha value is -3.92. The molecule has 2 amide bonds. The Morgan fingerprint density at radius 2 is 2.05 bits per heavy atom. The van der Waals surface area contributed by atoms with Crippen molar-refractivity contribution in [3.63, 3.8) is 0 Å². The molecule has 0 radical (unpaired) electrons.